The Morgan fingerprint density at radius 3 is 2.54 bits per heavy atom. The fraction of sp³-hybridized carbons (Fsp3) is 0.0556. The summed E-state index contributed by atoms with van der Waals surface area (Å²) in [5, 5.41) is 6.63. The van der Waals surface area contributed by atoms with Gasteiger partial charge in [0.25, 0.3) is 0 Å². The van der Waals surface area contributed by atoms with E-state index in [2.05, 4.69) is 10.6 Å². The van der Waals surface area contributed by atoms with Crippen molar-refractivity contribution < 1.29 is 18.8 Å². The number of anilines is 1. The molecule has 0 aliphatic carbocycles. The number of carbonyl (C=O) groups is 3. The van der Waals surface area contributed by atoms with Crippen molar-refractivity contribution in [3.8, 4) is 0 Å². The third kappa shape index (κ3) is 4.41. The summed E-state index contributed by atoms with van der Waals surface area (Å²) in [4.78, 5) is 37.9. The van der Waals surface area contributed by atoms with Crippen molar-refractivity contribution in [2.45, 2.75) is 6.54 Å². The summed E-state index contributed by atoms with van der Waals surface area (Å²) in [7, 11) is 0. The van der Waals surface area contributed by atoms with Crippen LogP contribution in [0, 0.1) is 5.82 Å². The lowest BCUT2D eigenvalue weighted by Crippen LogP contribution is -2.34. The molecular formula is C18H13FN2O3S2. The number of hydrogen-bond donors (Lipinski definition) is 2. The van der Waals surface area contributed by atoms with Crippen molar-refractivity contribution >= 4 is 46.0 Å². The van der Waals surface area contributed by atoms with Gasteiger partial charge in [0.1, 0.15) is 5.82 Å². The highest BCUT2D eigenvalue weighted by Crippen LogP contribution is 2.22. The molecule has 0 saturated heterocycles. The lowest BCUT2D eigenvalue weighted by Gasteiger charge is -2.05. The number of ketones is 1. The van der Waals surface area contributed by atoms with Crippen molar-refractivity contribution in [2.75, 3.05) is 5.32 Å². The first-order valence-corrected chi connectivity index (χ1v) is 9.24. The summed E-state index contributed by atoms with van der Waals surface area (Å²) in [6, 6.07) is 12.3. The molecule has 0 unspecified atom stereocenters. The highest BCUT2D eigenvalue weighted by Gasteiger charge is 2.16. The molecule has 26 heavy (non-hydrogen) atoms. The van der Waals surface area contributed by atoms with Gasteiger partial charge in [-0.05, 0) is 41.8 Å². The van der Waals surface area contributed by atoms with Crippen LogP contribution in [0.5, 0.6) is 0 Å². The molecule has 0 fully saturated rings. The number of amides is 2. The molecule has 132 valence electrons. The first-order chi connectivity index (χ1) is 12.5. The van der Waals surface area contributed by atoms with Gasteiger partial charge in [-0.2, -0.15) is 0 Å². The van der Waals surface area contributed by atoms with Crippen LogP contribution in [0.15, 0.2) is 53.9 Å². The molecule has 0 aliphatic heterocycles. The number of rotatable bonds is 5. The number of hydrogen-bond acceptors (Lipinski definition) is 5. The summed E-state index contributed by atoms with van der Waals surface area (Å²) in [5.74, 6) is -2.30. The average molecular weight is 388 g/mol. The van der Waals surface area contributed by atoms with Crippen molar-refractivity contribution in [2.24, 2.45) is 0 Å². The van der Waals surface area contributed by atoms with E-state index in [1.807, 2.05) is 11.4 Å². The molecule has 0 saturated carbocycles. The minimum Gasteiger partial charge on any atom is -0.343 e. The van der Waals surface area contributed by atoms with E-state index >= 15 is 0 Å². The Balaban J connectivity index is 1.54. The molecule has 1 aromatic carbocycles. The largest absolute Gasteiger partial charge is 0.343 e. The molecular weight excluding hydrogens is 375 g/mol. The predicted octanol–water partition coefficient (Wildman–Crippen LogP) is 3.43. The number of nitrogens with one attached hydrogen (secondary N) is 2. The van der Waals surface area contributed by atoms with E-state index in [4.69, 9.17) is 0 Å². The fourth-order valence-corrected chi connectivity index (χ4v) is 3.77. The molecule has 2 N–H and O–H groups in total. The Labute approximate surface area is 156 Å². The van der Waals surface area contributed by atoms with Gasteiger partial charge in [0.05, 0.1) is 16.3 Å². The van der Waals surface area contributed by atoms with Gasteiger partial charge in [0, 0.05) is 10.6 Å². The number of benzene rings is 1. The first kappa shape index (κ1) is 18.0. The molecule has 0 radical (unpaired) electrons. The smallest absolute Gasteiger partial charge is 0.313 e. The SMILES string of the molecule is O=C(NCc1ccc(C(=O)c2cccs2)s1)C(=O)Nc1cccc(F)c1. The highest BCUT2D eigenvalue weighted by molar-refractivity contribution is 7.16. The van der Waals surface area contributed by atoms with Crippen molar-refractivity contribution in [1.82, 2.24) is 5.32 Å². The molecule has 0 bridgehead atoms. The Bertz CT molecular complexity index is 951. The monoisotopic (exact) mass is 388 g/mol. The zero-order valence-corrected chi connectivity index (χ0v) is 15.0. The maximum Gasteiger partial charge on any atom is 0.313 e. The third-order valence-corrected chi connectivity index (χ3v) is 5.29. The molecule has 0 aliphatic rings. The second-order valence-electron chi connectivity index (χ2n) is 5.22. The van der Waals surface area contributed by atoms with Gasteiger partial charge in [-0.1, -0.05) is 12.1 Å². The number of thiophene rings is 2. The van der Waals surface area contributed by atoms with E-state index in [1.54, 1.807) is 18.2 Å². The van der Waals surface area contributed by atoms with Gasteiger partial charge in [0.2, 0.25) is 5.78 Å². The molecule has 3 rings (SSSR count). The van der Waals surface area contributed by atoms with Gasteiger partial charge in [-0.3, -0.25) is 14.4 Å². The molecule has 2 amide bonds. The maximum atomic E-state index is 13.1. The average Bonchev–Trinajstić information content (AvgIpc) is 3.31. The van der Waals surface area contributed by atoms with E-state index in [0.717, 1.165) is 10.9 Å². The van der Waals surface area contributed by atoms with Gasteiger partial charge < -0.3 is 10.6 Å². The highest BCUT2D eigenvalue weighted by atomic mass is 32.1. The van der Waals surface area contributed by atoms with Crippen molar-refractivity contribution in [3.05, 3.63) is 74.4 Å². The van der Waals surface area contributed by atoms with Gasteiger partial charge in [-0.25, -0.2) is 4.39 Å². The predicted molar refractivity (Wildman–Crippen MR) is 98.9 cm³/mol. The molecule has 8 heteroatoms. The second kappa shape index (κ2) is 8.03. The van der Waals surface area contributed by atoms with Crippen molar-refractivity contribution in [3.63, 3.8) is 0 Å². The quantitative estimate of drug-likeness (QED) is 0.519. The Morgan fingerprint density at radius 1 is 0.962 bits per heavy atom. The van der Waals surface area contributed by atoms with Crippen LogP contribution in [0.1, 0.15) is 19.4 Å². The van der Waals surface area contributed by atoms with Crippen molar-refractivity contribution in [1.29, 1.82) is 0 Å². The summed E-state index contributed by atoms with van der Waals surface area (Å²) in [5.41, 5.74) is 0.199. The van der Waals surface area contributed by atoms with Gasteiger partial charge in [-0.15, -0.1) is 22.7 Å². The molecule has 0 spiro atoms. The first-order valence-electron chi connectivity index (χ1n) is 7.54. The van der Waals surface area contributed by atoms with E-state index in [1.165, 1.54) is 40.9 Å². The Hall–Kier alpha value is -2.84. The molecule has 2 heterocycles. The van der Waals surface area contributed by atoms with Gasteiger partial charge >= 0.3 is 11.8 Å². The van der Waals surface area contributed by atoms with E-state index in [9.17, 15) is 18.8 Å². The second-order valence-corrected chi connectivity index (χ2v) is 7.34. The zero-order valence-electron chi connectivity index (χ0n) is 13.3. The van der Waals surface area contributed by atoms with E-state index < -0.39 is 17.6 Å². The number of carbonyl (C=O) groups excluding carboxylic acids is 3. The Morgan fingerprint density at radius 2 is 1.81 bits per heavy atom. The fourth-order valence-electron chi connectivity index (χ4n) is 2.13. The topological polar surface area (TPSA) is 75.3 Å². The van der Waals surface area contributed by atoms with Gasteiger partial charge in [0.15, 0.2) is 0 Å². The van der Waals surface area contributed by atoms with Crippen LogP contribution in [-0.2, 0) is 16.1 Å². The lowest BCUT2D eigenvalue weighted by molar-refractivity contribution is -0.136. The van der Waals surface area contributed by atoms with Crippen LogP contribution in [-0.4, -0.2) is 17.6 Å². The minimum absolute atomic E-state index is 0.0635. The molecule has 2 aromatic heterocycles. The molecule has 0 atom stereocenters. The Kier molecular flexibility index (Phi) is 5.55. The lowest BCUT2D eigenvalue weighted by atomic mass is 10.3. The number of halogens is 1. The van der Waals surface area contributed by atoms with E-state index in [0.29, 0.717) is 9.75 Å². The summed E-state index contributed by atoms with van der Waals surface area (Å²) >= 11 is 2.63. The summed E-state index contributed by atoms with van der Waals surface area (Å²) < 4.78 is 13.1. The minimum atomic E-state index is -0.887. The maximum absolute atomic E-state index is 13.1. The summed E-state index contributed by atoms with van der Waals surface area (Å²) in [6.07, 6.45) is 0. The van der Waals surface area contributed by atoms with Crippen LogP contribution in [0.2, 0.25) is 0 Å². The van der Waals surface area contributed by atoms with Crippen LogP contribution in [0.3, 0.4) is 0 Å². The summed E-state index contributed by atoms with van der Waals surface area (Å²) in [6.45, 7) is 0.123. The molecule has 3 aromatic rings. The zero-order chi connectivity index (χ0) is 18.5. The van der Waals surface area contributed by atoms with Crippen LogP contribution in [0.25, 0.3) is 0 Å². The third-order valence-electron chi connectivity index (χ3n) is 3.34. The van der Waals surface area contributed by atoms with Crippen LogP contribution < -0.4 is 10.6 Å². The van der Waals surface area contributed by atoms with Crippen LogP contribution in [0.4, 0.5) is 10.1 Å². The van der Waals surface area contributed by atoms with E-state index in [-0.39, 0.29) is 18.0 Å². The van der Waals surface area contributed by atoms with Crippen LogP contribution >= 0.6 is 22.7 Å². The standard InChI is InChI=1S/C18H13FN2O3S2/c19-11-3-1-4-12(9-11)21-18(24)17(23)20-10-13-6-7-15(26-13)16(22)14-5-2-8-25-14/h1-9H,10H2,(H,20,23)(H,21,24). The normalized spacial score (nSPS) is 10.3. The molecule has 5 nitrogen and oxygen atoms in total.